The van der Waals surface area contributed by atoms with Gasteiger partial charge >= 0.3 is 5.97 Å². The van der Waals surface area contributed by atoms with Crippen molar-refractivity contribution in [1.82, 2.24) is 9.97 Å². The number of aryl methyl sites for hydroxylation is 2. The van der Waals surface area contributed by atoms with Gasteiger partial charge in [-0.05, 0) is 62.8 Å². The lowest BCUT2D eigenvalue weighted by atomic mass is 10.1. The second-order valence-electron chi connectivity index (χ2n) is 7.39. The molecule has 0 aliphatic heterocycles. The third-order valence-electron chi connectivity index (χ3n) is 5.11. The van der Waals surface area contributed by atoms with Crippen molar-refractivity contribution in [2.75, 3.05) is 17.7 Å². The summed E-state index contributed by atoms with van der Waals surface area (Å²) in [5.41, 5.74) is 4.62. The Kier molecular flexibility index (Phi) is 6.43. The first kappa shape index (κ1) is 20.9. The Morgan fingerprint density at radius 1 is 1.27 bits per heavy atom. The van der Waals surface area contributed by atoms with Crippen LogP contribution < -0.4 is 5.32 Å². The largest absolute Gasteiger partial charge is 0.462 e. The minimum atomic E-state index is -0.340. The van der Waals surface area contributed by atoms with Gasteiger partial charge in [0.15, 0.2) is 5.16 Å². The van der Waals surface area contributed by atoms with E-state index in [1.54, 1.807) is 6.92 Å². The molecular weight excluding hydrogens is 418 g/mol. The maximum absolute atomic E-state index is 12.6. The highest BCUT2D eigenvalue weighted by Crippen LogP contribution is 2.38. The molecule has 1 aliphatic carbocycles. The number of H-pyrrole nitrogens is 1. The van der Waals surface area contributed by atoms with Crippen LogP contribution >= 0.6 is 23.1 Å². The summed E-state index contributed by atoms with van der Waals surface area (Å²) in [7, 11) is 0. The summed E-state index contributed by atoms with van der Waals surface area (Å²) in [5, 5.41) is 4.28. The predicted molar refractivity (Wildman–Crippen MR) is 122 cm³/mol. The Morgan fingerprint density at radius 3 is 2.93 bits per heavy atom. The number of ether oxygens (including phenoxy) is 1. The molecule has 30 heavy (non-hydrogen) atoms. The molecular formula is C22H25N3O3S2. The smallest absolute Gasteiger partial charge is 0.341 e. The fourth-order valence-corrected chi connectivity index (χ4v) is 5.69. The number of carbonyl (C=O) groups excluding carboxylic acids is 2. The summed E-state index contributed by atoms with van der Waals surface area (Å²) in [6, 6.07) is 6.02. The molecule has 0 spiro atoms. The molecule has 2 N–H and O–H groups in total. The number of hydrogen-bond donors (Lipinski definition) is 2. The van der Waals surface area contributed by atoms with E-state index in [0.29, 0.717) is 22.3 Å². The Morgan fingerprint density at radius 2 is 2.10 bits per heavy atom. The maximum Gasteiger partial charge on any atom is 0.341 e. The van der Waals surface area contributed by atoms with Crippen LogP contribution in [0.3, 0.4) is 0 Å². The molecule has 0 saturated heterocycles. The van der Waals surface area contributed by atoms with Gasteiger partial charge in [-0.15, -0.1) is 11.3 Å². The van der Waals surface area contributed by atoms with Crippen LogP contribution in [0.2, 0.25) is 0 Å². The second kappa shape index (κ2) is 9.22. The minimum absolute atomic E-state index is 0.154. The van der Waals surface area contributed by atoms with Crippen LogP contribution in [0.1, 0.15) is 52.5 Å². The highest BCUT2D eigenvalue weighted by molar-refractivity contribution is 7.99. The molecule has 1 amide bonds. The highest BCUT2D eigenvalue weighted by Gasteiger charge is 2.26. The van der Waals surface area contributed by atoms with Gasteiger partial charge in [-0.2, -0.15) is 0 Å². The number of anilines is 1. The van der Waals surface area contributed by atoms with Crippen LogP contribution in [0, 0.1) is 6.92 Å². The van der Waals surface area contributed by atoms with E-state index in [0.717, 1.165) is 47.8 Å². The molecule has 0 fully saturated rings. The van der Waals surface area contributed by atoms with E-state index in [1.165, 1.54) is 34.4 Å². The van der Waals surface area contributed by atoms with E-state index in [-0.39, 0.29) is 17.6 Å². The zero-order chi connectivity index (χ0) is 21.1. The zero-order valence-corrected chi connectivity index (χ0v) is 18.8. The maximum atomic E-state index is 12.6. The fraction of sp³-hybridized carbons (Fsp3) is 0.409. The number of rotatable bonds is 6. The molecule has 6 nitrogen and oxygen atoms in total. The number of hydrogen-bond acceptors (Lipinski definition) is 6. The van der Waals surface area contributed by atoms with Crippen molar-refractivity contribution in [3.63, 3.8) is 0 Å². The molecule has 4 rings (SSSR count). The molecule has 2 aromatic heterocycles. The van der Waals surface area contributed by atoms with Crippen molar-refractivity contribution in [1.29, 1.82) is 0 Å². The van der Waals surface area contributed by atoms with Gasteiger partial charge < -0.3 is 15.0 Å². The van der Waals surface area contributed by atoms with Crippen LogP contribution in [-0.4, -0.2) is 34.2 Å². The van der Waals surface area contributed by atoms with Gasteiger partial charge in [0.2, 0.25) is 5.91 Å². The van der Waals surface area contributed by atoms with Crippen molar-refractivity contribution in [3.05, 3.63) is 39.8 Å². The SMILES string of the molecule is CCOC(=O)c1c(NC(=O)CSc2nc3ccc(C)cc3[nH]2)sc2c1CCCCC2. The Hall–Kier alpha value is -2.32. The highest BCUT2D eigenvalue weighted by atomic mass is 32.2. The molecule has 0 unspecified atom stereocenters. The van der Waals surface area contributed by atoms with Gasteiger partial charge in [-0.1, -0.05) is 24.2 Å². The lowest BCUT2D eigenvalue weighted by Crippen LogP contribution is -2.17. The lowest BCUT2D eigenvalue weighted by Gasteiger charge is -2.08. The molecule has 0 radical (unpaired) electrons. The average Bonchev–Trinajstić information content (AvgIpc) is 3.19. The van der Waals surface area contributed by atoms with Gasteiger partial charge in [-0.3, -0.25) is 4.79 Å². The predicted octanol–water partition coefficient (Wildman–Crippen LogP) is 5.11. The number of aromatic nitrogens is 2. The summed E-state index contributed by atoms with van der Waals surface area (Å²) in [5.74, 6) is -0.282. The number of thioether (sulfide) groups is 1. The molecule has 158 valence electrons. The van der Waals surface area contributed by atoms with Crippen LogP contribution in [-0.2, 0) is 22.4 Å². The Bertz CT molecular complexity index is 1090. The normalized spacial score (nSPS) is 13.7. The number of esters is 1. The molecule has 0 bridgehead atoms. The van der Waals surface area contributed by atoms with Gasteiger partial charge in [0.25, 0.3) is 0 Å². The third kappa shape index (κ3) is 4.54. The molecule has 2 heterocycles. The third-order valence-corrected chi connectivity index (χ3v) is 7.19. The van der Waals surface area contributed by atoms with Crippen LogP contribution in [0.15, 0.2) is 23.4 Å². The average molecular weight is 444 g/mol. The molecule has 8 heteroatoms. The van der Waals surface area contributed by atoms with Gasteiger partial charge in [0.1, 0.15) is 5.00 Å². The molecule has 1 aliphatic rings. The van der Waals surface area contributed by atoms with Gasteiger partial charge in [0, 0.05) is 4.88 Å². The first-order valence-corrected chi connectivity index (χ1v) is 12.1. The van der Waals surface area contributed by atoms with E-state index >= 15 is 0 Å². The van der Waals surface area contributed by atoms with Crippen molar-refractivity contribution < 1.29 is 14.3 Å². The van der Waals surface area contributed by atoms with Crippen LogP contribution in [0.4, 0.5) is 5.00 Å². The summed E-state index contributed by atoms with van der Waals surface area (Å²) >= 11 is 2.87. The van der Waals surface area contributed by atoms with Crippen LogP contribution in [0.5, 0.6) is 0 Å². The zero-order valence-electron chi connectivity index (χ0n) is 17.2. The number of imidazole rings is 1. The summed E-state index contributed by atoms with van der Waals surface area (Å²) in [6.07, 6.45) is 5.16. The standard InChI is InChI=1S/C22H25N3O3S2/c1-3-28-21(27)19-14-7-5-4-6-8-17(14)30-20(19)25-18(26)12-29-22-23-15-10-9-13(2)11-16(15)24-22/h9-11H,3-8,12H2,1-2H3,(H,23,24)(H,25,26). The number of nitrogens with zero attached hydrogens (tertiary/aromatic N) is 1. The van der Waals surface area contributed by atoms with Crippen molar-refractivity contribution in [2.45, 2.75) is 51.1 Å². The van der Waals surface area contributed by atoms with E-state index in [4.69, 9.17) is 4.74 Å². The van der Waals surface area contributed by atoms with E-state index in [1.807, 2.05) is 25.1 Å². The number of amides is 1. The summed E-state index contributed by atoms with van der Waals surface area (Å²) < 4.78 is 5.28. The van der Waals surface area contributed by atoms with Crippen LogP contribution in [0.25, 0.3) is 11.0 Å². The Labute approximate surface area is 183 Å². The molecule has 0 saturated carbocycles. The summed E-state index contributed by atoms with van der Waals surface area (Å²) in [4.78, 5) is 34.2. The number of carbonyl (C=O) groups is 2. The van der Waals surface area contributed by atoms with Gasteiger partial charge in [-0.25, -0.2) is 9.78 Å². The van der Waals surface area contributed by atoms with Crippen molar-refractivity contribution in [3.8, 4) is 0 Å². The number of fused-ring (bicyclic) bond motifs is 2. The topological polar surface area (TPSA) is 84.1 Å². The number of nitrogens with one attached hydrogen (secondary N) is 2. The minimum Gasteiger partial charge on any atom is -0.462 e. The molecule has 0 atom stereocenters. The quantitative estimate of drug-likeness (QED) is 0.314. The Balaban J connectivity index is 1.48. The molecule has 1 aromatic carbocycles. The number of aromatic amines is 1. The van der Waals surface area contributed by atoms with Crippen molar-refractivity contribution in [2.24, 2.45) is 0 Å². The first-order valence-electron chi connectivity index (χ1n) is 10.3. The molecule has 3 aromatic rings. The van der Waals surface area contributed by atoms with E-state index < -0.39 is 0 Å². The van der Waals surface area contributed by atoms with Gasteiger partial charge in [0.05, 0.1) is 29.0 Å². The van der Waals surface area contributed by atoms with E-state index in [2.05, 4.69) is 15.3 Å². The van der Waals surface area contributed by atoms with Crippen molar-refractivity contribution >= 4 is 51.0 Å². The number of benzene rings is 1. The van der Waals surface area contributed by atoms with E-state index in [9.17, 15) is 9.59 Å². The fourth-order valence-electron chi connectivity index (χ4n) is 3.71. The lowest BCUT2D eigenvalue weighted by molar-refractivity contribution is -0.113. The first-order chi connectivity index (χ1) is 14.5. The second-order valence-corrected chi connectivity index (χ2v) is 9.46. The summed E-state index contributed by atoms with van der Waals surface area (Å²) in [6.45, 7) is 4.15. The number of thiophene rings is 1. The monoisotopic (exact) mass is 443 g/mol.